The Labute approximate surface area is 147 Å². The van der Waals surface area contributed by atoms with Gasteiger partial charge in [0.1, 0.15) is 5.82 Å². The molecule has 0 aliphatic heterocycles. The van der Waals surface area contributed by atoms with Gasteiger partial charge in [0.25, 0.3) is 0 Å². The Morgan fingerprint density at radius 1 is 1.20 bits per heavy atom. The summed E-state index contributed by atoms with van der Waals surface area (Å²) in [7, 11) is 0. The van der Waals surface area contributed by atoms with E-state index < -0.39 is 0 Å². The molecular weight excluding hydrogens is 310 g/mol. The zero-order chi connectivity index (χ0) is 17.2. The van der Waals surface area contributed by atoms with Crippen LogP contribution in [0.4, 0.5) is 0 Å². The Hall–Kier alpha value is -2.62. The third-order valence-corrected chi connectivity index (χ3v) is 5.17. The maximum absolute atomic E-state index is 12.7. The first kappa shape index (κ1) is 15.9. The monoisotopic (exact) mass is 333 g/mol. The Morgan fingerprint density at radius 2 is 2.00 bits per heavy atom. The van der Waals surface area contributed by atoms with Crippen LogP contribution < -0.4 is 5.32 Å². The number of aromatic nitrogens is 2. The second kappa shape index (κ2) is 6.71. The number of aryl methyl sites for hydroxylation is 2. The normalized spacial score (nSPS) is 16.6. The Balaban J connectivity index is 1.44. The highest BCUT2D eigenvalue weighted by molar-refractivity contribution is 5.84. The van der Waals surface area contributed by atoms with E-state index >= 15 is 0 Å². The van der Waals surface area contributed by atoms with Crippen molar-refractivity contribution in [2.75, 3.05) is 6.54 Å². The molecule has 2 aromatic carbocycles. The van der Waals surface area contributed by atoms with Gasteiger partial charge in [-0.15, -0.1) is 0 Å². The fourth-order valence-corrected chi connectivity index (χ4v) is 3.92. The van der Waals surface area contributed by atoms with Crippen LogP contribution in [0.15, 0.2) is 48.5 Å². The molecule has 1 aliphatic rings. The zero-order valence-electron chi connectivity index (χ0n) is 14.5. The molecule has 0 saturated heterocycles. The lowest BCUT2D eigenvalue weighted by Crippen LogP contribution is -2.33. The van der Waals surface area contributed by atoms with Crippen molar-refractivity contribution in [3.05, 3.63) is 65.5 Å². The standard InChI is InChI=1S/C21H23N3O/c1-15-23-19-11-4-5-12-20(19)24(15)14-13-22-21(25)18-10-6-8-16-7-2-3-9-17(16)18/h2-5,7,9,11-12,18H,6,8,10,13-14H2,1H3,(H,22,25). The lowest BCUT2D eigenvalue weighted by molar-refractivity contribution is -0.122. The van der Waals surface area contributed by atoms with Crippen molar-refractivity contribution in [3.8, 4) is 0 Å². The number of carbonyl (C=O) groups is 1. The second-order valence-electron chi connectivity index (χ2n) is 6.73. The van der Waals surface area contributed by atoms with E-state index in [9.17, 15) is 4.79 Å². The highest BCUT2D eigenvalue weighted by Gasteiger charge is 2.25. The molecule has 1 heterocycles. The first-order valence-corrected chi connectivity index (χ1v) is 9.01. The molecule has 128 valence electrons. The molecule has 3 aromatic rings. The summed E-state index contributed by atoms with van der Waals surface area (Å²) in [5.74, 6) is 1.12. The summed E-state index contributed by atoms with van der Waals surface area (Å²) in [6.07, 6.45) is 3.11. The number of fused-ring (bicyclic) bond motifs is 2. The number of nitrogens with zero attached hydrogens (tertiary/aromatic N) is 2. The lowest BCUT2D eigenvalue weighted by atomic mass is 9.82. The van der Waals surface area contributed by atoms with Crippen LogP contribution in [0.5, 0.6) is 0 Å². The molecular formula is C21H23N3O. The Morgan fingerprint density at radius 3 is 2.92 bits per heavy atom. The van der Waals surface area contributed by atoms with Gasteiger partial charge < -0.3 is 9.88 Å². The van der Waals surface area contributed by atoms with Gasteiger partial charge in [0, 0.05) is 13.1 Å². The van der Waals surface area contributed by atoms with Gasteiger partial charge in [-0.1, -0.05) is 36.4 Å². The van der Waals surface area contributed by atoms with Crippen LogP contribution in [0.1, 0.15) is 35.7 Å². The fourth-order valence-electron chi connectivity index (χ4n) is 3.92. The van der Waals surface area contributed by atoms with Crippen LogP contribution in [0.2, 0.25) is 0 Å². The largest absolute Gasteiger partial charge is 0.354 e. The number of hydrogen-bond acceptors (Lipinski definition) is 2. The van der Waals surface area contributed by atoms with E-state index in [-0.39, 0.29) is 11.8 Å². The van der Waals surface area contributed by atoms with Gasteiger partial charge in [0.15, 0.2) is 0 Å². The number of carbonyl (C=O) groups excluding carboxylic acids is 1. The van der Waals surface area contributed by atoms with Gasteiger partial charge in [0.05, 0.1) is 17.0 Å². The third kappa shape index (κ3) is 3.04. The molecule has 0 fully saturated rings. The van der Waals surface area contributed by atoms with Gasteiger partial charge in [0.2, 0.25) is 5.91 Å². The van der Waals surface area contributed by atoms with Gasteiger partial charge in [-0.2, -0.15) is 0 Å². The minimum absolute atomic E-state index is 0.00872. The highest BCUT2D eigenvalue weighted by atomic mass is 16.1. The summed E-state index contributed by atoms with van der Waals surface area (Å²) < 4.78 is 2.17. The summed E-state index contributed by atoms with van der Waals surface area (Å²) in [5, 5.41) is 3.14. The van der Waals surface area contributed by atoms with Crippen molar-refractivity contribution in [2.45, 2.75) is 38.6 Å². The van der Waals surface area contributed by atoms with Crippen LogP contribution in [0.3, 0.4) is 0 Å². The van der Waals surface area contributed by atoms with Gasteiger partial charge in [-0.25, -0.2) is 4.98 Å². The van der Waals surface area contributed by atoms with Crippen molar-refractivity contribution in [3.63, 3.8) is 0 Å². The Kier molecular flexibility index (Phi) is 4.26. The first-order valence-electron chi connectivity index (χ1n) is 9.01. The molecule has 0 bridgehead atoms. The zero-order valence-corrected chi connectivity index (χ0v) is 14.5. The minimum Gasteiger partial charge on any atom is -0.354 e. The molecule has 4 rings (SSSR count). The van der Waals surface area contributed by atoms with E-state index in [4.69, 9.17) is 0 Å². The molecule has 4 nitrogen and oxygen atoms in total. The van der Waals surface area contributed by atoms with Crippen LogP contribution in [-0.2, 0) is 17.8 Å². The van der Waals surface area contributed by atoms with Crippen molar-refractivity contribution >= 4 is 16.9 Å². The first-order chi connectivity index (χ1) is 12.2. The van der Waals surface area contributed by atoms with Crippen LogP contribution in [-0.4, -0.2) is 22.0 Å². The molecule has 0 saturated carbocycles. The highest BCUT2D eigenvalue weighted by Crippen LogP contribution is 2.31. The summed E-state index contributed by atoms with van der Waals surface area (Å²) in [6, 6.07) is 16.5. The predicted octanol–water partition coefficient (Wildman–Crippen LogP) is 3.58. The van der Waals surface area contributed by atoms with Crippen molar-refractivity contribution in [2.24, 2.45) is 0 Å². The number of rotatable bonds is 4. The third-order valence-electron chi connectivity index (χ3n) is 5.17. The molecule has 1 aromatic heterocycles. The SMILES string of the molecule is Cc1nc2ccccc2n1CCNC(=O)C1CCCc2ccccc21. The summed E-state index contributed by atoms with van der Waals surface area (Å²) in [5.41, 5.74) is 4.66. The molecule has 1 unspecified atom stereocenters. The van der Waals surface area contributed by atoms with E-state index in [1.165, 1.54) is 11.1 Å². The van der Waals surface area contributed by atoms with Gasteiger partial charge in [-0.05, 0) is 49.4 Å². The second-order valence-corrected chi connectivity index (χ2v) is 6.73. The Bertz CT molecular complexity index is 912. The van der Waals surface area contributed by atoms with Crippen molar-refractivity contribution < 1.29 is 4.79 Å². The van der Waals surface area contributed by atoms with E-state index in [1.807, 2.05) is 31.2 Å². The fraction of sp³-hybridized carbons (Fsp3) is 0.333. The molecule has 25 heavy (non-hydrogen) atoms. The maximum Gasteiger partial charge on any atom is 0.227 e. The number of amides is 1. The number of hydrogen-bond donors (Lipinski definition) is 1. The minimum atomic E-state index is -0.00872. The van der Waals surface area contributed by atoms with Crippen LogP contribution in [0.25, 0.3) is 11.0 Å². The quantitative estimate of drug-likeness (QED) is 0.793. The van der Waals surface area contributed by atoms with E-state index in [2.05, 4.69) is 39.1 Å². The number of imidazole rings is 1. The molecule has 1 aliphatic carbocycles. The van der Waals surface area contributed by atoms with E-state index in [0.717, 1.165) is 42.7 Å². The van der Waals surface area contributed by atoms with Gasteiger partial charge in [-0.3, -0.25) is 4.79 Å². The van der Waals surface area contributed by atoms with E-state index in [0.29, 0.717) is 6.54 Å². The van der Waals surface area contributed by atoms with Gasteiger partial charge >= 0.3 is 0 Å². The summed E-state index contributed by atoms with van der Waals surface area (Å²) in [6.45, 7) is 3.38. The predicted molar refractivity (Wildman–Crippen MR) is 99.6 cm³/mol. The van der Waals surface area contributed by atoms with E-state index in [1.54, 1.807) is 0 Å². The summed E-state index contributed by atoms with van der Waals surface area (Å²) >= 11 is 0. The average Bonchev–Trinajstić information content (AvgIpc) is 2.96. The number of para-hydroxylation sites is 2. The molecule has 1 N–H and O–H groups in total. The molecule has 0 radical (unpaired) electrons. The molecule has 1 atom stereocenters. The molecule has 4 heteroatoms. The van der Waals surface area contributed by atoms with Crippen molar-refractivity contribution in [1.82, 2.24) is 14.9 Å². The average molecular weight is 333 g/mol. The number of benzene rings is 2. The number of nitrogens with one attached hydrogen (secondary N) is 1. The molecule has 1 amide bonds. The topological polar surface area (TPSA) is 46.9 Å². The van der Waals surface area contributed by atoms with Crippen LogP contribution >= 0.6 is 0 Å². The van der Waals surface area contributed by atoms with Crippen LogP contribution in [0, 0.1) is 6.92 Å². The lowest BCUT2D eigenvalue weighted by Gasteiger charge is -2.24. The molecule has 0 spiro atoms. The smallest absolute Gasteiger partial charge is 0.227 e. The summed E-state index contributed by atoms with van der Waals surface area (Å²) in [4.78, 5) is 17.3. The van der Waals surface area contributed by atoms with Crippen molar-refractivity contribution in [1.29, 1.82) is 0 Å². The maximum atomic E-state index is 12.7.